The van der Waals surface area contributed by atoms with Crippen molar-refractivity contribution in [3.05, 3.63) is 0 Å². The summed E-state index contributed by atoms with van der Waals surface area (Å²) in [5, 5.41) is 0. The summed E-state index contributed by atoms with van der Waals surface area (Å²) < 4.78 is 0.846. The van der Waals surface area contributed by atoms with Crippen LogP contribution < -0.4 is 0 Å². The molecule has 4 fully saturated rings. The molecule has 4 aliphatic carbocycles. The first kappa shape index (κ1) is 6.90. The first-order chi connectivity index (χ1) is 4.57. The minimum absolute atomic E-state index is 0.300. The molecule has 3 heteroatoms. The zero-order valence-corrected chi connectivity index (χ0v) is 10.0. The molecule has 2 unspecified atom stereocenters. The third kappa shape index (κ3) is 0.506. The van der Waals surface area contributed by atoms with E-state index in [0.717, 1.165) is 17.8 Å². The van der Waals surface area contributed by atoms with Crippen molar-refractivity contribution in [1.82, 2.24) is 0 Å². The molecule has 0 aromatic heterocycles. The van der Waals surface area contributed by atoms with Gasteiger partial charge in [0.15, 0.2) is 0 Å². The summed E-state index contributed by atoms with van der Waals surface area (Å²) >= 11 is 11.4. The normalized spacial score (nSPS) is 66.9. The van der Waals surface area contributed by atoms with Gasteiger partial charge in [-0.15, -0.1) is 0 Å². The summed E-state index contributed by atoms with van der Waals surface area (Å²) in [4.78, 5) is 0. The van der Waals surface area contributed by atoms with Crippen LogP contribution in [0.25, 0.3) is 0 Å². The van der Waals surface area contributed by atoms with Crippen molar-refractivity contribution in [3.63, 3.8) is 0 Å². The van der Waals surface area contributed by atoms with Crippen LogP contribution in [-0.2, 0) is 0 Å². The molecule has 0 radical (unpaired) electrons. The average Bonchev–Trinajstić information content (AvgIpc) is 2.16. The molecule has 56 valence electrons. The van der Waals surface area contributed by atoms with Gasteiger partial charge in [0.1, 0.15) is 0 Å². The highest BCUT2D eigenvalue weighted by Crippen LogP contribution is 2.84. The van der Waals surface area contributed by atoms with E-state index in [1.54, 1.807) is 0 Å². The first-order valence-corrected chi connectivity index (χ1v) is 6.01. The van der Waals surface area contributed by atoms with E-state index in [4.69, 9.17) is 0 Å². The van der Waals surface area contributed by atoms with Gasteiger partial charge < -0.3 is 0 Å². The van der Waals surface area contributed by atoms with Crippen LogP contribution in [0.5, 0.6) is 0 Å². The zero-order chi connectivity index (χ0) is 7.15. The molecule has 4 aliphatic rings. The van der Waals surface area contributed by atoms with Gasteiger partial charge in [0, 0.05) is 10.2 Å². The van der Waals surface area contributed by atoms with Gasteiger partial charge in [-0.05, 0) is 24.7 Å². The molecular weight excluding hydrogens is 324 g/mol. The molecule has 0 aromatic carbocycles. The lowest BCUT2D eigenvalue weighted by atomic mass is 10.1. The first-order valence-electron chi connectivity index (χ1n) is 3.63. The van der Waals surface area contributed by atoms with E-state index in [-0.39, 0.29) is 0 Å². The summed E-state index contributed by atoms with van der Waals surface area (Å²) in [7, 11) is 0. The second-order valence-electron chi connectivity index (χ2n) is 3.82. The quantitative estimate of drug-likeness (QED) is 0.598. The van der Waals surface area contributed by atoms with Gasteiger partial charge >= 0.3 is 0 Å². The van der Waals surface area contributed by atoms with Crippen molar-refractivity contribution >= 4 is 47.8 Å². The van der Waals surface area contributed by atoms with Crippen LogP contribution in [0.3, 0.4) is 0 Å². The predicted molar refractivity (Wildman–Crippen MR) is 51.9 cm³/mol. The second kappa shape index (κ2) is 1.56. The lowest BCUT2D eigenvalue weighted by Gasteiger charge is -2.16. The van der Waals surface area contributed by atoms with Gasteiger partial charge in [-0.25, -0.2) is 0 Å². The Kier molecular flexibility index (Phi) is 1.08. The summed E-state index contributed by atoms with van der Waals surface area (Å²) in [5.41, 5.74) is 0. The fraction of sp³-hybridized carbons (Fsp3) is 1.00. The highest BCUT2D eigenvalue weighted by Gasteiger charge is 2.82. The molecule has 10 heavy (non-hydrogen) atoms. The molecule has 0 nitrogen and oxygen atoms in total. The largest absolute Gasteiger partial charge is 0.0878 e. The Morgan fingerprint density at radius 1 is 1.20 bits per heavy atom. The third-order valence-electron chi connectivity index (χ3n) is 3.48. The van der Waals surface area contributed by atoms with E-state index in [1.807, 2.05) is 0 Å². The van der Waals surface area contributed by atoms with Crippen LogP contribution in [0, 0.1) is 17.8 Å². The highest BCUT2D eigenvalue weighted by atomic mass is 79.9. The molecule has 0 amide bonds. The summed E-state index contributed by atoms with van der Waals surface area (Å²) in [6.07, 6.45) is 2.80. The molecule has 0 spiro atoms. The summed E-state index contributed by atoms with van der Waals surface area (Å²) in [5.74, 6) is 2.71. The van der Waals surface area contributed by atoms with E-state index in [1.165, 1.54) is 12.8 Å². The van der Waals surface area contributed by atoms with E-state index in [2.05, 4.69) is 47.8 Å². The van der Waals surface area contributed by atoms with Gasteiger partial charge in [-0.1, -0.05) is 47.8 Å². The maximum absolute atomic E-state index is 3.84. The Balaban J connectivity index is 2.13. The van der Waals surface area contributed by atoms with Crippen molar-refractivity contribution in [2.75, 3.05) is 0 Å². The minimum Gasteiger partial charge on any atom is -0.0846 e. The third-order valence-corrected chi connectivity index (χ3v) is 7.17. The maximum atomic E-state index is 3.84. The molecule has 4 atom stereocenters. The lowest BCUT2D eigenvalue weighted by Crippen LogP contribution is -2.15. The maximum Gasteiger partial charge on any atom is 0.0878 e. The SMILES string of the molecule is BrC1(Br)C2[C@H]3C[C@@H]1CC23Br. The highest BCUT2D eigenvalue weighted by molar-refractivity contribution is 9.25. The van der Waals surface area contributed by atoms with Gasteiger partial charge in [0.25, 0.3) is 0 Å². The monoisotopic (exact) mass is 328 g/mol. The minimum atomic E-state index is 0.300. The topological polar surface area (TPSA) is 0 Å². The van der Waals surface area contributed by atoms with Gasteiger partial charge in [-0.3, -0.25) is 0 Å². The van der Waals surface area contributed by atoms with E-state index < -0.39 is 0 Å². The number of alkyl halides is 3. The number of hydrogen-bond acceptors (Lipinski definition) is 0. The molecule has 4 bridgehead atoms. The van der Waals surface area contributed by atoms with Crippen LogP contribution in [0.4, 0.5) is 0 Å². The molecule has 0 N–H and O–H groups in total. The fourth-order valence-corrected chi connectivity index (χ4v) is 7.15. The van der Waals surface area contributed by atoms with Crippen LogP contribution in [0.1, 0.15) is 12.8 Å². The van der Waals surface area contributed by atoms with E-state index >= 15 is 0 Å². The Morgan fingerprint density at radius 3 is 2.00 bits per heavy atom. The Labute approximate surface area is 85.5 Å². The Morgan fingerprint density at radius 2 is 1.90 bits per heavy atom. The average molecular weight is 331 g/mol. The number of hydrogen-bond donors (Lipinski definition) is 0. The molecule has 4 rings (SSSR count). The van der Waals surface area contributed by atoms with Crippen molar-refractivity contribution in [2.24, 2.45) is 17.8 Å². The van der Waals surface area contributed by atoms with Gasteiger partial charge in [0.05, 0.1) is 3.23 Å². The lowest BCUT2D eigenvalue weighted by molar-refractivity contribution is 0.603. The van der Waals surface area contributed by atoms with Crippen LogP contribution in [0.15, 0.2) is 0 Å². The van der Waals surface area contributed by atoms with Crippen molar-refractivity contribution < 1.29 is 0 Å². The summed E-state index contributed by atoms with van der Waals surface area (Å²) in [6.45, 7) is 0. The predicted octanol–water partition coefficient (Wildman–Crippen LogP) is 3.28. The van der Waals surface area contributed by atoms with Crippen LogP contribution >= 0.6 is 47.8 Å². The standard InChI is InChI=1S/C7H7Br3/c8-6-2-3-1-4(6)5(6)7(3,9)10/h3-5H,1-2H2/t3-,4-,5?,6?/m1/s1. The van der Waals surface area contributed by atoms with E-state index in [0.29, 0.717) is 7.56 Å². The Hall–Kier alpha value is 1.44. The smallest absolute Gasteiger partial charge is 0.0846 e. The number of rotatable bonds is 0. The zero-order valence-electron chi connectivity index (χ0n) is 5.28. The molecule has 0 heterocycles. The van der Waals surface area contributed by atoms with E-state index in [9.17, 15) is 0 Å². The van der Waals surface area contributed by atoms with Crippen molar-refractivity contribution in [1.29, 1.82) is 0 Å². The summed E-state index contributed by atoms with van der Waals surface area (Å²) in [6, 6.07) is 0. The molecular formula is C7H7Br3. The second-order valence-corrected chi connectivity index (χ2v) is 8.99. The van der Waals surface area contributed by atoms with Crippen molar-refractivity contribution in [3.8, 4) is 0 Å². The van der Waals surface area contributed by atoms with Gasteiger partial charge in [0.2, 0.25) is 0 Å². The molecule has 0 aliphatic heterocycles. The molecule has 4 saturated carbocycles. The molecule has 0 aromatic rings. The van der Waals surface area contributed by atoms with Gasteiger partial charge in [-0.2, -0.15) is 0 Å². The fourth-order valence-electron chi connectivity index (χ4n) is 3.00. The Bertz CT molecular complexity index is 213. The van der Waals surface area contributed by atoms with Crippen LogP contribution in [-0.4, -0.2) is 7.56 Å². The van der Waals surface area contributed by atoms with Crippen LogP contribution in [0.2, 0.25) is 0 Å². The van der Waals surface area contributed by atoms with Crippen molar-refractivity contribution in [2.45, 2.75) is 20.4 Å². The molecule has 0 saturated heterocycles. The number of halogens is 3.